The van der Waals surface area contributed by atoms with E-state index in [1.807, 2.05) is 24.3 Å². The fourth-order valence-electron chi connectivity index (χ4n) is 2.42. The van der Waals surface area contributed by atoms with Crippen LogP contribution in [0.4, 0.5) is 5.69 Å². The van der Waals surface area contributed by atoms with Crippen molar-refractivity contribution in [2.24, 2.45) is 0 Å². The molecule has 0 bridgehead atoms. The van der Waals surface area contributed by atoms with Crippen molar-refractivity contribution in [3.05, 3.63) is 88.1 Å². The number of anilines is 1. The topological polar surface area (TPSA) is 24.1 Å². The second kappa shape index (κ2) is 7.40. The van der Waals surface area contributed by atoms with E-state index < -0.39 is 0 Å². The third-order valence-electron chi connectivity index (χ3n) is 3.63. The molecule has 0 aliphatic rings. The second-order valence-corrected chi connectivity index (χ2v) is 6.66. The zero-order valence-electron chi connectivity index (χ0n) is 12.8. The molecule has 23 heavy (non-hydrogen) atoms. The molecule has 1 atom stereocenters. The SMILES string of the molecule is Cc1ccccc1NC(=S)N[C@@H](c1ccccc1)c1cccs1. The van der Waals surface area contributed by atoms with Crippen molar-refractivity contribution in [2.45, 2.75) is 13.0 Å². The highest BCUT2D eigenvalue weighted by molar-refractivity contribution is 7.80. The smallest absolute Gasteiger partial charge is 0.171 e. The van der Waals surface area contributed by atoms with E-state index in [0.717, 1.165) is 5.69 Å². The molecule has 0 unspecified atom stereocenters. The quantitative estimate of drug-likeness (QED) is 0.645. The minimum atomic E-state index is 0.0558. The predicted octanol–water partition coefficient (Wildman–Crippen LogP) is 5.13. The van der Waals surface area contributed by atoms with E-state index in [2.05, 4.69) is 65.4 Å². The minimum absolute atomic E-state index is 0.0558. The predicted molar refractivity (Wildman–Crippen MR) is 103 cm³/mol. The molecule has 1 aromatic heterocycles. The molecule has 116 valence electrons. The summed E-state index contributed by atoms with van der Waals surface area (Å²) in [5.74, 6) is 0. The molecule has 0 aliphatic heterocycles. The normalized spacial score (nSPS) is 11.7. The maximum atomic E-state index is 5.53. The molecule has 0 saturated heterocycles. The van der Waals surface area contributed by atoms with Gasteiger partial charge in [0.15, 0.2) is 5.11 Å². The van der Waals surface area contributed by atoms with Crippen LogP contribution in [0.3, 0.4) is 0 Å². The van der Waals surface area contributed by atoms with Gasteiger partial charge >= 0.3 is 0 Å². The number of nitrogens with one attached hydrogen (secondary N) is 2. The van der Waals surface area contributed by atoms with Gasteiger partial charge in [-0.2, -0.15) is 0 Å². The standard InChI is InChI=1S/C19H18N2S2/c1-14-8-5-6-11-16(14)20-19(22)21-18(17-12-7-13-23-17)15-9-3-2-4-10-15/h2-13,18H,1H3,(H2,20,21,22)/t18-/m0/s1. The Morgan fingerprint density at radius 3 is 2.39 bits per heavy atom. The molecule has 0 fully saturated rings. The van der Waals surface area contributed by atoms with Crippen LogP contribution in [-0.4, -0.2) is 5.11 Å². The van der Waals surface area contributed by atoms with Gasteiger partial charge in [-0.1, -0.05) is 54.6 Å². The number of thiocarbonyl (C=S) groups is 1. The molecule has 0 radical (unpaired) electrons. The Hall–Kier alpha value is -2.17. The number of benzene rings is 2. The van der Waals surface area contributed by atoms with Gasteiger partial charge in [0.2, 0.25) is 0 Å². The van der Waals surface area contributed by atoms with Crippen molar-refractivity contribution in [3.8, 4) is 0 Å². The number of thiophene rings is 1. The zero-order chi connectivity index (χ0) is 16.1. The maximum absolute atomic E-state index is 5.53. The van der Waals surface area contributed by atoms with Gasteiger partial charge in [0.25, 0.3) is 0 Å². The molecule has 4 heteroatoms. The van der Waals surface area contributed by atoms with Crippen LogP contribution in [0.15, 0.2) is 72.1 Å². The van der Waals surface area contributed by atoms with Crippen LogP contribution in [0.2, 0.25) is 0 Å². The first-order chi connectivity index (χ1) is 11.2. The van der Waals surface area contributed by atoms with Gasteiger partial charge in [-0.3, -0.25) is 0 Å². The van der Waals surface area contributed by atoms with Gasteiger partial charge in [-0.05, 0) is 47.8 Å². The lowest BCUT2D eigenvalue weighted by Crippen LogP contribution is -2.32. The second-order valence-electron chi connectivity index (χ2n) is 5.27. The van der Waals surface area contributed by atoms with Gasteiger partial charge < -0.3 is 10.6 Å². The molecule has 0 aliphatic carbocycles. The highest BCUT2D eigenvalue weighted by Gasteiger charge is 2.16. The van der Waals surface area contributed by atoms with E-state index in [1.54, 1.807) is 11.3 Å². The van der Waals surface area contributed by atoms with Crippen molar-refractivity contribution in [3.63, 3.8) is 0 Å². The summed E-state index contributed by atoms with van der Waals surface area (Å²) in [5, 5.41) is 9.45. The van der Waals surface area contributed by atoms with E-state index in [0.29, 0.717) is 5.11 Å². The summed E-state index contributed by atoms with van der Waals surface area (Å²) in [5.41, 5.74) is 3.40. The Labute approximate surface area is 146 Å². The Balaban J connectivity index is 1.79. The molecular weight excluding hydrogens is 320 g/mol. The molecule has 2 N–H and O–H groups in total. The molecule has 0 saturated carbocycles. The molecule has 0 spiro atoms. The third-order valence-corrected chi connectivity index (χ3v) is 4.79. The fourth-order valence-corrected chi connectivity index (χ4v) is 3.45. The summed E-state index contributed by atoms with van der Waals surface area (Å²) in [6.07, 6.45) is 0. The first-order valence-corrected chi connectivity index (χ1v) is 8.74. The van der Waals surface area contributed by atoms with Gasteiger partial charge in [-0.25, -0.2) is 0 Å². The van der Waals surface area contributed by atoms with Crippen molar-refractivity contribution in [1.82, 2.24) is 5.32 Å². The highest BCUT2D eigenvalue weighted by atomic mass is 32.1. The summed E-state index contributed by atoms with van der Waals surface area (Å²) in [4.78, 5) is 1.24. The molecular formula is C19H18N2S2. The first-order valence-electron chi connectivity index (χ1n) is 7.45. The van der Waals surface area contributed by atoms with Crippen LogP contribution in [0.5, 0.6) is 0 Å². The molecule has 3 rings (SSSR count). The van der Waals surface area contributed by atoms with Gasteiger partial charge in [0, 0.05) is 10.6 Å². The van der Waals surface area contributed by atoms with E-state index in [4.69, 9.17) is 12.2 Å². The van der Waals surface area contributed by atoms with Crippen LogP contribution in [-0.2, 0) is 0 Å². The third kappa shape index (κ3) is 3.97. The van der Waals surface area contributed by atoms with Gasteiger partial charge in [0.1, 0.15) is 0 Å². The van der Waals surface area contributed by atoms with Gasteiger partial charge in [0.05, 0.1) is 6.04 Å². The van der Waals surface area contributed by atoms with E-state index >= 15 is 0 Å². The highest BCUT2D eigenvalue weighted by Crippen LogP contribution is 2.26. The maximum Gasteiger partial charge on any atom is 0.171 e. The first kappa shape index (κ1) is 15.7. The Bertz CT molecular complexity index is 767. The van der Waals surface area contributed by atoms with E-state index in [9.17, 15) is 0 Å². The van der Waals surface area contributed by atoms with E-state index in [1.165, 1.54) is 16.0 Å². The van der Waals surface area contributed by atoms with E-state index in [-0.39, 0.29) is 6.04 Å². The lowest BCUT2D eigenvalue weighted by Gasteiger charge is -2.21. The summed E-state index contributed by atoms with van der Waals surface area (Å²) in [6.45, 7) is 2.07. The molecule has 0 amide bonds. The number of aryl methyl sites for hydroxylation is 1. The number of rotatable bonds is 4. The Morgan fingerprint density at radius 2 is 1.70 bits per heavy atom. The fraction of sp³-hybridized carbons (Fsp3) is 0.105. The van der Waals surface area contributed by atoms with Crippen molar-refractivity contribution in [1.29, 1.82) is 0 Å². The lowest BCUT2D eigenvalue weighted by atomic mass is 10.1. The average Bonchev–Trinajstić information content (AvgIpc) is 3.10. The van der Waals surface area contributed by atoms with Gasteiger partial charge in [-0.15, -0.1) is 11.3 Å². The zero-order valence-corrected chi connectivity index (χ0v) is 14.5. The minimum Gasteiger partial charge on any atom is -0.351 e. The molecule has 2 nitrogen and oxygen atoms in total. The van der Waals surface area contributed by atoms with Crippen molar-refractivity contribution in [2.75, 3.05) is 5.32 Å². The van der Waals surface area contributed by atoms with Crippen LogP contribution in [0, 0.1) is 6.92 Å². The monoisotopic (exact) mass is 338 g/mol. The van der Waals surface area contributed by atoms with Crippen LogP contribution in [0.25, 0.3) is 0 Å². The molecule has 2 aromatic carbocycles. The summed E-state index contributed by atoms with van der Waals surface area (Å²) in [6, 6.07) is 22.7. The average molecular weight is 339 g/mol. The Kier molecular flexibility index (Phi) is 5.05. The van der Waals surface area contributed by atoms with Crippen LogP contribution >= 0.6 is 23.6 Å². The molecule has 1 heterocycles. The van der Waals surface area contributed by atoms with Crippen LogP contribution < -0.4 is 10.6 Å². The number of para-hydroxylation sites is 1. The Morgan fingerprint density at radius 1 is 0.957 bits per heavy atom. The lowest BCUT2D eigenvalue weighted by molar-refractivity contribution is 0.784. The summed E-state index contributed by atoms with van der Waals surface area (Å²) >= 11 is 7.26. The number of hydrogen-bond acceptors (Lipinski definition) is 2. The van der Waals surface area contributed by atoms with Crippen LogP contribution in [0.1, 0.15) is 22.0 Å². The molecule has 3 aromatic rings. The number of hydrogen-bond donors (Lipinski definition) is 2. The summed E-state index contributed by atoms with van der Waals surface area (Å²) < 4.78 is 0. The largest absolute Gasteiger partial charge is 0.351 e. The van der Waals surface area contributed by atoms with Crippen molar-refractivity contribution >= 4 is 34.4 Å². The van der Waals surface area contributed by atoms with Crippen molar-refractivity contribution < 1.29 is 0 Å². The summed E-state index contributed by atoms with van der Waals surface area (Å²) in [7, 11) is 0.